The Bertz CT molecular complexity index is 462. The molecule has 0 aliphatic carbocycles. The van der Waals surface area contributed by atoms with Crippen LogP contribution < -0.4 is 5.32 Å². The van der Waals surface area contributed by atoms with Crippen LogP contribution in [0.1, 0.15) is 24.1 Å². The molecule has 2 rings (SSSR count). The van der Waals surface area contributed by atoms with Crippen molar-refractivity contribution in [3.8, 4) is 0 Å². The maximum atomic E-state index is 6.26. The maximum absolute atomic E-state index is 6.26. The Morgan fingerprint density at radius 2 is 1.94 bits per heavy atom. The van der Waals surface area contributed by atoms with Crippen molar-refractivity contribution in [2.24, 2.45) is 0 Å². The second-order valence-electron chi connectivity index (χ2n) is 3.68. The first-order valence-corrected chi connectivity index (χ1v) is 7.13. The van der Waals surface area contributed by atoms with Crippen LogP contribution in [-0.4, -0.2) is 6.54 Å². The quantitative estimate of drug-likeness (QED) is 0.855. The highest BCUT2D eigenvalue weighted by Gasteiger charge is 2.19. The van der Waals surface area contributed by atoms with Gasteiger partial charge in [-0.15, -0.1) is 0 Å². The molecule has 1 heterocycles. The number of rotatable bonds is 4. The summed E-state index contributed by atoms with van der Waals surface area (Å²) in [7, 11) is 0. The van der Waals surface area contributed by atoms with Gasteiger partial charge in [0.15, 0.2) is 0 Å². The third-order valence-corrected chi connectivity index (χ3v) is 3.93. The standard InChI is InChI=1S/C13H13Cl2NS/c1-2-16-13(9-6-7-17-8-9)12-10(14)4-3-5-11(12)15/h3-8,13,16H,2H2,1H3. The summed E-state index contributed by atoms with van der Waals surface area (Å²) < 4.78 is 0. The lowest BCUT2D eigenvalue weighted by Gasteiger charge is -2.20. The van der Waals surface area contributed by atoms with E-state index in [-0.39, 0.29) is 6.04 Å². The van der Waals surface area contributed by atoms with Crippen molar-refractivity contribution >= 4 is 34.5 Å². The van der Waals surface area contributed by atoms with Crippen molar-refractivity contribution in [2.75, 3.05) is 6.54 Å². The zero-order valence-corrected chi connectivity index (χ0v) is 11.7. The van der Waals surface area contributed by atoms with Crippen LogP contribution >= 0.6 is 34.5 Å². The molecular weight excluding hydrogens is 273 g/mol. The van der Waals surface area contributed by atoms with Gasteiger partial charge in [0.25, 0.3) is 0 Å². The number of thiophene rings is 1. The molecule has 90 valence electrons. The second-order valence-corrected chi connectivity index (χ2v) is 5.28. The highest BCUT2D eigenvalue weighted by Crippen LogP contribution is 2.34. The SMILES string of the molecule is CCNC(c1ccsc1)c1c(Cl)cccc1Cl. The van der Waals surface area contributed by atoms with Crippen molar-refractivity contribution in [3.05, 3.63) is 56.2 Å². The molecule has 1 N–H and O–H groups in total. The summed E-state index contributed by atoms with van der Waals surface area (Å²) in [5.74, 6) is 0. The second kappa shape index (κ2) is 5.87. The molecule has 2 aromatic rings. The van der Waals surface area contributed by atoms with Crippen molar-refractivity contribution in [1.82, 2.24) is 5.32 Å². The fourth-order valence-electron chi connectivity index (χ4n) is 1.82. The molecule has 0 fully saturated rings. The maximum Gasteiger partial charge on any atom is 0.0614 e. The van der Waals surface area contributed by atoms with Gasteiger partial charge in [-0.3, -0.25) is 0 Å². The molecule has 0 amide bonds. The molecule has 0 aliphatic heterocycles. The number of halogens is 2. The summed E-state index contributed by atoms with van der Waals surface area (Å²) in [5, 5.41) is 9.01. The third kappa shape index (κ3) is 2.83. The molecule has 1 unspecified atom stereocenters. The van der Waals surface area contributed by atoms with Gasteiger partial charge in [0.1, 0.15) is 0 Å². The zero-order valence-electron chi connectivity index (χ0n) is 9.41. The van der Waals surface area contributed by atoms with E-state index in [4.69, 9.17) is 23.2 Å². The minimum atomic E-state index is 0.0625. The monoisotopic (exact) mass is 285 g/mol. The Morgan fingerprint density at radius 1 is 1.24 bits per heavy atom. The predicted octanol–water partition coefficient (Wildman–Crippen LogP) is 4.75. The normalized spacial score (nSPS) is 12.6. The van der Waals surface area contributed by atoms with Crippen molar-refractivity contribution < 1.29 is 0 Å². The van der Waals surface area contributed by atoms with Gasteiger partial charge in [-0.2, -0.15) is 11.3 Å². The summed E-state index contributed by atoms with van der Waals surface area (Å²) in [6.07, 6.45) is 0. The molecule has 4 heteroatoms. The van der Waals surface area contributed by atoms with Crippen molar-refractivity contribution in [3.63, 3.8) is 0 Å². The van der Waals surface area contributed by atoms with Gasteiger partial charge in [0.2, 0.25) is 0 Å². The summed E-state index contributed by atoms with van der Waals surface area (Å²) >= 11 is 14.2. The molecule has 0 bridgehead atoms. The van der Waals surface area contributed by atoms with E-state index in [1.54, 1.807) is 11.3 Å². The van der Waals surface area contributed by atoms with E-state index in [2.05, 4.69) is 29.1 Å². The fraction of sp³-hybridized carbons (Fsp3) is 0.231. The first-order valence-electron chi connectivity index (χ1n) is 5.43. The molecule has 1 aromatic heterocycles. The lowest BCUT2D eigenvalue weighted by molar-refractivity contribution is 0.633. The van der Waals surface area contributed by atoms with Crippen LogP contribution in [0.3, 0.4) is 0 Å². The topological polar surface area (TPSA) is 12.0 Å². The molecule has 1 atom stereocenters. The van der Waals surface area contributed by atoms with Crippen LogP contribution in [0.5, 0.6) is 0 Å². The van der Waals surface area contributed by atoms with Gasteiger partial charge < -0.3 is 5.32 Å². The van der Waals surface area contributed by atoms with E-state index in [1.807, 2.05) is 18.2 Å². The van der Waals surface area contributed by atoms with Crippen LogP contribution in [-0.2, 0) is 0 Å². The molecule has 0 aliphatic rings. The molecule has 1 aromatic carbocycles. The Kier molecular flexibility index (Phi) is 4.46. The van der Waals surface area contributed by atoms with Gasteiger partial charge >= 0.3 is 0 Å². The van der Waals surface area contributed by atoms with Crippen LogP contribution in [0.2, 0.25) is 10.0 Å². The number of hydrogen-bond acceptors (Lipinski definition) is 2. The van der Waals surface area contributed by atoms with Gasteiger partial charge in [-0.25, -0.2) is 0 Å². The molecule has 0 saturated heterocycles. The van der Waals surface area contributed by atoms with Gasteiger partial charge in [0, 0.05) is 15.6 Å². The third-order valence-electron chi connectivity index (χ3n) is 2.57. The highest BCUT2D eigenvalue weighted by molar-refractivity contribution is 7.08. The van der Waals surface area contributed by atoms with Crippen LogP contribution in [0.25, 0.3) is 0 Å². The van der Waals surface area contributed by atoms with Crippen molar-refractivity contribution in [1.29, 1.82) is 0 Å². The smallest absolute Gasteiger partial charge is 0.0614 e. The van der Waals surface area contributed by atoms with Crippen LogP contribution in [0.15, 0.2) is 35.0 Å². The van der Waals surface area contributed by atoms with Crippen LogP contribution in [0.4, 0.5) is 0 Å². The molecule has 0 radical (unpaired) electrons. The summed E-state index contributed by atoms with van der Waals surface area (Å²) in [6, 6.07) is 7.77. The zero-order chi connectivity index (χ0) is 12.3. The van der Waals surface area contributed by atoms with E-state index in [9.17, 15) is 0 Å². The van der Waals surface area contributed by atoms with E-state index in [1.165, 1.54) is 5.56 Å². The Morgan fingerprint density at radius 3 is 2.47 bits per heavy atom. The average Bonchev–Trinajstić information content (AvgIpc) is 2.80. The molecule has 17 heavy (non-hydrogen) atoms. The lowest BCUT2D eigenvalue weighted by Crippen LogP contribution is -2.22. The lowest BCUT2D eigenvalue weighted by atomic mass is 10.0. The molecule has 1 nitrogen and oxygen atoms in total. The van der Waals surface area contributed by atoms with Crippen molar-refractivity contribution in [2.45, 2.75) is 13.0 Å². The minimum Gasteiger partial charge on any atom is -0.306 e. The van der Waals surface area contributed by atoms with Gasteiger partial charge in [-0.05, 0) is 41.1 Å². The van der Waals surface area contributed by atoms with E-state index in [0.717, 1.165) is 12.1 Å². The minimum absolute atomic E-state index is 0.0625. The van der Waals surface area contributed by atoms with Crippen LogP contribution in [0, 0.1) is 0 Å². The summed E-state index contributed by atoms with van der Waals surface area (Å²) in [5.41, 5.74) is 2.16. The van der Waals surface area contributed by atoms with E-state index >= 15 is 0 Å². The first kappa shape index (κ1) is 12.9. The predicted molar refractivity (Wildman–Crippen MR) is 76.3 cm³/mol. The Labute approximate surface area is 115 Å². The Hall–Kier alpha value is -0.540. The molecule has 0 spiro atoms. The average molecular weight is 286 g/mol. The number of hydrogen-bond donors (Lipinski definition) is 1. The Balaban J connectivity index is 2.46. The largest absolute Gasteiger partial charge is 0.306 e. The van der Waals surface area contributed by atoms with Gasteiger partial charge in [-0.1, -0.05) is 36.2 Å². The van der Waals surface area contributed by atoms with E-state index in [0.29, 0.717) is 10.0 Å². The fourth-order valence-corrected chi connectivity index (χ4v) is 3.12. The summed E-state index contributed by atoms with van der Waals surface area (Å²) in [4.78, 5) is 0. The van der Waals surface area contributed by atoms with Gasteiger partial charge in [0.05, 0.1) is 6.04 Å². The van der Waals surface area contributed by atoms with E-state index < -0.39 is 0 Å². The number of nitrogens with one attached hydrogen (secondary N) is 1. The number of benzene rings is 1. The molecule has 0 saturated carbocycles. The first-order chi connectivity index (χ1) is 8.24. The highest BCUT2D eigenvalue weighted by atomic mass is 35.5. The molecular formula is C13H13Cl2NS. The summed E-state index contributed by atoms with van der Waals surface area (Å²) in [6.45, 7) is 2.94.